The van der Waals surface area contributed by atoms with Gasteiger partial charge in [0.15, 0.2) is 0 Å². The Balaban J connectivity index is 0.000000160. The molecule has 16 heavy (non-hydrogen) atoms. The standard InChI is InChI=1S/C6H6FN.C6H8N2/c1-5-2-3-8-4-6(5)7;1-5-3-7-4-8-6(5)2/h2-4H,1H3;3-4H,1-2H3. The maximum Gasteiger partial charge on any atom is 0.144 e. The molecule has 2 rings (SSSR count). The summed E-state index contributed by atoms with van der Waals surface area (Å²) >= 11 is 0. The van der Waals surface area contributed by atoms with Crippen molar-refractivity contribution in [1.29, 1.82) is 0 Å². The number of pyridine rings is 1. The van der Waals surface area contributed by atoms with Crippen LogP contribution >= 0.6 is 0 Å². The van der Waals surface area contributed by atoms with Crippen molar-refractivity contribution in [1.82, 2.24) is 15.0 Å². The van der Waals surface area contributed by atoms with Crippen LogP contribution in [0.1, 0.15) is 16.8 Å². The van der Waals surface area contributed by atoms with Gasteiger partial charge in [-0.2, -0.15) is 0 Å². The van der Waals surface area contributed by atoms with Crippen LogP contribution in [0.15, 0.2) is 31.0 Å². The highest BCUT2D eigenvalue weighted by Crippen LogP contribution is 1.99. The van der Waals surface area contributed by atoms with Gasteiger partial charge in [0.05, 0.1) is 6.20 Å². The van der Waals surface area contributed by atoms with Gasteiger partial charge in [-0.15, -0.1) is 0 Å². The Bertz CT molecular complexity index is 372. The normalized spacial score (nSPS) is 9.25. The SMILES string of the molecule is Cc1ccncc1F.Cc1cncnc1C. The molecule has 0 atom stereocenters. The van der Waals surface area contributed by atoms with E-state index in [4.69, 9.17) is 0 Å². The summed E-state index contributed by atoms with van der Waals surface area (Å²) in [6.45, 7) is 5.67. The molecule has 3 nitrogen and oxygen atoms in total. The van der Waals surface area contributed by atoms with Crippen LogP contribution in [0.25, 0.3) is 0 Å². The minimum absolute atomic E-state index is 0.243. The zero-order chi connectivity index (χ0) is 12.0. The minimum atomic E-state index is -0.243. The van der Waals surface area contributed by atoms with Crippen molar-refractivity contribution < 1.29 is 4.39 Å². The summed E-state index contributed by atoms with van der Waals surface area (Å²) in [5, 5.41) is 0. The summed E-state index contributed by atoms with van der Waals surface area (Å²) < 4.78 is 12.3. The molecular weight excluding hydrogens is 205 g/mol. The molecular formula is C12H14FN3. The Kier molecular flexibility index (Phi) is 4.51. The molecule has 84 valence electrons. The third-order valence-electron chi connectivity index (χ3n) is 2.13. The second kappa shape index (κ2) is 5.90. The molecule has 0 radical (unpaired) electrons. The predicted molar refractivity (Wildman–Crippen MR) is 60.4 cm³/mol. The van der Waals surface area contributed by atoms with Gasteiger partial charge < -0.3 is 0 Å². The number of halogens is 1. The van der Waals surface area contributed by atoms with Crippen molar-refractivity contribution in [3.63, 3.8) is 0 Å². The molecule has 0 aromatic carbocycles. The summed E-state index contributed by atoms with van der Waals surface area (Å²) in [5.74, 6) is -0.243. The van der Waals surface area contributed by atoms with Crippen molar-refractivity contribution >= 4 is 0 Å². The van der Waals surface area contributed by atoms with E-state index in [1.807, 2.05) is 20.0 Å². The van der Waals surface area contributed by atoms with Gasteiger partial charge in [-0.1, -0.05) is 0 Å². The van der Waals surface area contributed by atoms with Gasteiger partial charge in [0.2, 0.25) is 0 Å². The molecule has 0 saturated heterocycles. The minimum Gasteiger partial charge on any atom is -0.262 e. The van der Waals surface area contributed by atoms with Gasteiger partial charge in [-0.3, -0.25) is 4.98 Å². The number of hydrogen-bond donors (Lipinski definition) is 0. The van der Waals surface area contributed by atoms with E-state index in [0.717, 1.165) is 11.3 Å². The quantitative estimate of drug-likeness (QED) is 0.683. The lowest BCUT2D eigenvalue weighted by atomic mass is 10.3. The average Bonchev–Trinajstić information content (AvgIpc) is 2.28. The van der Waals surface area contributed by atoms with Crippen molar-refractivity contribution in [3.8, 4) is 0 Å². The zero-order valence-electron chi connectivity index (χ0n) is 9.61. The molecule has 0 bridgehead atoms. The van der Waals surface area contributed by atoms with E-state index >= 15 is 0 Å². The van der Waals surface area contributed by atoms with Gasteiger partial charge in [0, 0.05) is 18.1 Å². The van der Waals surface area contributed by atoms with Gasteiger partial charge in [-0.05, 0) is 38.0 Å². The van der Waals surface area contributed by atoms with Gasteiger partial charge >= 0.3 is 0 Å². The van der Waals surface area contributed by atoms with Crippen molar-refractivity contribution in [2.75, 3.05) is 0 Å². The molecule has 2 heterocycles. The van der Waals surface area contributed by atoms with Gasteiger partial charge in [0.1, 0.15) is 12.1 Å². The molecule has 0 amide bonds. The topological polar surface area (TPSA) is 38.7 Å². The van der Waals surface area contributed by atoms with Gasteiger partial charge in [0.25, 0.3) is 0 Å². The van der Waals surface area contributed by atoms with Crippen molar-refractivity contribution in [2.24, 2.45) is 0 Å². The van der Waals surface area contributed by atoms with Crippen LogP contribution in [0.3, 0.4) is 0 Å². The maximum absolute atomic E-state index is 12.3. The van der Waals surface area contributed by atoms with Crippen molar-refractivity contribution in [3.05, 3.63) is 53.6 Å². The summed E-state index contributed by atoms with van der Waals surface area (Å²) in [7, 11) is 0. The first kappa shape index (κ1) is 12.2. The smallest absolute Gasteiger partial charge is 0.144 e. The zero-order valence-corrected chi connectivity index (χ0v) is 9.61. The van der Waals surface area contributed by atoms with E-state index in [-0.39, 0.29) is 5.82 Å². The molecule has 4 heteroatoms. The fraction of sp³-hybridized carbons (Fsp3) is 0.250. The number of rotatable bonds is 0. The average molecular weight is 219 g/mol. The number of hydrogen-bond acceptors (Lipinski definition) is 3. The third kappa shape index (κ3) is 3.73. The molecule has 0 aliphatic rings. The number of aryl methyl sites for hydroxylation is 3. The lowest BCUT2D eigenvalue weighted by Crippen LogP contribution is -1.85. The van der Waals surface area contributed by atoms with Crippen LogP contribution < -0.4 is 0 Å². The molecule has 2 aromatic rings. The van der Waals surface area contributed by atoms with Crippen LogP contribution in [0, 0.1) is 26.6 Å². The summed E-state index contributed by atoms with van der Waals surface area (Å²) in [6.07, 6.45) is 6.14. The maximum atomic E-state index is 12.3. The highest BCUT2D eigenvalue weighted by Gasteiger charge is 1.90. The Labute approximate surface area is 94.4 Å². The van der Waals surface area contributed by atoms with E-state index in [9.17, 15) is 4.39 Å². The third-order valence-corrected chi connectivity index (χ3v) is 2.13. The monoisotopic (exact) mass is 219 g/mol. The molecule has 0 unspecified atom stereocenters. The molecule has 2 aromatic heterocycles. The predicted octanol–water partition coefficient (Wildman–Crippen LogP) is 2.62. The van der Waals surface area contributed by atoms with Crippen LogP contribution in [0.4, 0.5) is 4.39 Å². The van der Waals surface area contributed by atoms with Crippen LogP contribution in [0.2, 0.25) is 0 Å². The van der Waals surface area contributed by atoms with E-state index in [0.29, 0.717) is 5.56 Å². The Morgan fingerprint density at radius 2 is 1.75 bits per heavy atom. The molecule has 0 fully saturated rings. The number of aromatic nitrogens is 3. The molecule has 0 N–H and O–H groups in total. The summed E-state index contributed by atoms with van der Waals surface area (Å²) in [5.41, 5.74) is 2.84. The second-order valence-corrected chi connectivity index (χ2v) is 3.42. The number of nitrogens with zero attached hydrogens (tertiary/aromatic N) is 3. The lowest BCUT2D eigenvalue weighted by Gasteiger charge is -1.91. The molecule has 0 aliphatic heterocycles. The highest BCUT2D eigenvalue weighted by molar-refractivity contribution is 5.10. The lowest BCUT2D eigenvalue weighted by molar-refractivity contribution is 0.612. The first-order valence-electron chi connectivity index (χ1n) is 4.90. The largest absolute Gasteiger partial charge is 0.262 e. The van der Waals surface area contributed by atoms with Gasteiger partial charge in [-0.25, -0.2) is 14.4 Å². The molecule has 0 aliphatic carbocycles. The van der Waals surface area contributed by atoms with E-state index in [2.05, 4.69) is 15.0 Å². The van der Waals surface area contributed by atoms with E-state index in [1.54, 1.807) is 25.5 Å². The van der Waals surface area contributed by atoms with Crippen LogP contribution in [0.5, 0.6) is 0 Å². The van der Waals surface area contributed by atoms with Crippen LogP contribution in [-0.4, -0.2) is 15.0 Å². The first-order valence-corrected chi connectivity index (χ1v) is 4.90. The highest BCUT2D eigenvalue weighted by atomic mass is 19.1. The summed E-state index contributed by atoms with van der Waals surface area (Å²) in [6, 6.07) is 1.63. The first-order chi connectivity index (χ1) is 7.61. The fourth-order valence-electron chi connectivity index (χ4n) is 0.905. The molecule has 0 saturated carbocycles. The van der Waals surface area contributed by atoms with E-state index in [1.165, 1.54) is 6.20 Å². The summed E-state index contributed by atoms with van der Waals surface area (Å²) in [4.78, 5) is 11.4. The van der Waals surface area contributed by atoms with Crippen molar-refractivity contribution in [2.45, 2.75) is 20.8 Å². The second-order valence-electron chi connectivity index (χ2n) is 3.42. The molecule has 0 spiro atoms. The Morgan fingerprint density at radius 1 is 1.00 bits per heavy atom. The Hall–Kier alpha value is -1.84. The fourth-order valence-corrected chi connectivity index (χ4v) is 0.905. The Morgan fingerprint density at radius 3 is 2.12 bits per heavy atom. The van der Waals surface area contributed by atoms with Crippen LogP contribution in [-0.2, 0) is 0 Å². The van der Waals surface area contributed by atoms with E-state index < -0.39 is 0 Å².